The molecule has 0 aliphatic heterocycles. The smallest absolute Gasteiger partial charge is 0.191 e. The molecule has 0 saturated carbocycles. The molecule has 1 unspecified atom stereocenters. The molecule has 0 aliphatic carbocycles. The molecule has 2 rings (SSSR count). The molecule has 6 nitrogen and oxygen atoms in total. The van der Waals surface area contributed by atoms with Crippen LogP contribution in [0, 0.1) is 0 Å². The summed E-state index contributed by atoms with van der Waals surface area (Å²) >= 11 is 5.78. The van der Waals surface area contributed by atoms with E-state index < -0.39 is 9.84 Å². The molecule has 1 aromatic carbocycles. The molecule has 1 aromatic heterocycles. The molecule has 2 N–H and O–H groups in total. The number of guanidine groups is 1. The molecule has 27 heavy (non-hydrogen) atoms. The van der Waals surface area contributed by atoms with Gasteiger partial charge in [0.2, 0.25) is 0 Å². The fourth-order valence-corrected chi connectivity index (χ4v) is 4.24. The lowest BCUT2D eigenvalue weighted by Crippen LogP contribution is -2.46. The number of aliphatic imine (C=N–C) groups is 1. The van der Waals surface area contributed by atoms with Crippen LogP contribution in [0.5, 0.6) is 0 Å². The van der Waals surface area contributed by atoms with Crippen molar-refractivity contribution in [3.8, 4) is 0 Å². The largest absolute Gasteiger partial charge is 0.356 e. The first-order valence-corrected chi connectivity index (χ1v) is 10.8. The predicted octanol–water partition coefficient (Wildman–Crippen LogP) is 2.70. The lowest BCUT2D eigenvalue weighted by atomic mass is 10.2. The van der Waals surface area contributed by atoms with Gasteiger partial charge in [0.05, 0.1) is 10.6 Å². The summed E-state index contributed by atoms with van der Waals surface area (Å²) in [5.74, 6) is 0.585. The molecule has 2 aromatic rings. The van der Waals surface area contributed by atoms with Gasteiger partial charge in [0, 0.05) is 25.8 Å². The molecular formula is C19H25ClN4O2S. The minimum atomic E-state index is -3.36. The number of sulfone groups is 1. The van der Waals surface area contributed by atoms with E-state index in [0.717, 1.165) is 12.0 Å². The highest BCUT2D eigenvalue weighted by molar-refractivity contribution is 7.91. The highest BCUT2D eigenvalue weighted by atomic mass is 35.5. The van der Waals surface area contributed by atoms with Gasteiger partial charge in [-0.05, 0) is 36.6 Å². The van der Waals surface area contributed by atoms with E-state index in [1.54, 1.807) is 49.6 Å². The minimum absolute atomic E-state index is 0.00924. The second kappa shape index (κ2) is 10.3. The van der Waals surface area contributed by atoms with Crippen LogP contribution in [0.2, 0.25) is 5.15 Å². The Morgan fingerprint density at radius 1 is 1.22 bits per heavy atom. The molecule has 0 saturated heterocycles. The lowest BCUT2D eigenvalue weighted by Gasteiger charge is -2.20. The fourth-order valence-electron chi connectivity index (χ4n) is 2.52. The van der Waals surface area contributed by atoms with Crippen molar-refractivity contribution in [2.24, 2.45) is 4.99 Å². The summed E-state index contributed by atoms with van der Waals surface area (Å²) in [5.41, 5.74) is 1.06. The van der Waals surface area contributed by atoms with E-state index >= 15 is 0 Å². The Labute approximate surface area is 166 Å². The topological polar surface area (TPSA) is 83.5 Å². The third kappa shape index (κ3) is 6.84. The molecule has 8 heteroatoms. The molecule has 146 valence electrons. The van der Waals surface area contributed by atoms with Gasteiger partial charge in [0.1, 0.15) is 5.15 Å². The number of hydrogen-bond donors (Lipinski definition) is 2. The standard InChI is InChI=1S/C19H25ClN4O2S/c1-3-16(14-27(25,26)17-7-5-4-6-8-17)24-19(21-2)22-12-11-15-9-10-18(20)23-13-15/h4-10,13,16H,3,11-12,14H2,1-2H3,(H2,21,22,24). The van der Waals surface area contributed by atoms with Crippen LogP contribution >= 0.6 is 11.6 Å². The van der Waals surface area contributed by atoms with Crippen molar-refractivity contribution in [1.82, 2.24) is 15.6 Å². The third-order valence-corrected chi connectivity index (χ3v) is 6.13. The first-order valence-electron chi connectivity index (χ1n) is 8.80. The van der Waals surface area contributed by atoms with Gasteiger partial charge in [-0.3, -0.25) is 4.99 Å². The van der Waals surface area contributed by atoms with E-state index in [0.29, 0.717) is 29.0 Å². The summed E-state index contributed by atoms with van der Waals surface area (Å²) in [5, 5.41) is 6.87. The van der Waals surface area contributed by atoms with E-state index in [1.807, 2.05) is 13.0 Å². The number of pyridine rings is 1. The zero-order valence-corrected chi connectivity index (χ0v) is 17.1. The quantitative estimate of drug-likeness (QED) is 0.398. The van der Waals surface area contributed by atoms with E-state index in [1.165, 1.54) is 0 Å². The second-order valence-corrected chi connectivity index (χ2v) is 8.50. The number of rotatable bonds is 8. The zero-order chi connectivity index (χ0) is 19.7. The summed E-state index contributed by atoms with van der Waals surface area (Å²) in [6, 6.07) is 11.9. The van der Waals surface area contributed by atoms with Crippen molar-refractivity contribution in [2.45, 2.75) is 30.7 Å². The van der Waals surface area contributed by atoms with Gasteiger partial charge in [0.15, 0.2) is 15.8 Å². The number of aromatic nitrogens is 1. The number of halogens is 1. The van der Waals surface area contributed by atoms with Crippen LogP contribution in [-0.4, -0.2) is 44.7 Å². The molecule has 1 atom stereocenters. The van der Waals surface area contributed by atoms with Gasteiger partial charge >= 0.3 is 0 Å². The Balaban J connectivity index is 1.90. The average Bonchev–Trinajstić information content (AvgIpc) is 2.68. The van der Waals surface area contributed by atoms with Crippen LogP contribution in [-0.2, 0) is 16.3 Å². The Bertz CT molecular complexity index is 840. The maximum Gasteiger partial charge on any atom is 0.191 e. The third-order valence-electron chi connectivity index (χ3n) is 4.07. The highest BCUT2D eigenvalue weighted by Gasteiger charge is 2.20. The fraction of sp³-hybridized carbons (Fsp3) is 0.368. The summed E-state index contributed by atoms with van der Waals surface area (Å²) in [6.45, 7) is 2.59. The van der Waals surface area contributed by atoms with Gasteiger partial charge < -0.3 is 10.6 Å². The van der Waals surface area contributed by atoms with Crippen LogP contribution in [0.1, 0.15) is 18.9 Å². The maximum absolute atomic E-state index is 12.6. The number of hydrogen-bond acceptors (Lipinski definition) is 4. The molecule has 0 spiro atoms. The molecule has 0 aliphatic rings. The van der Waals surface area contributed by atoms with E-state index in [-0.39, 0.29) is 11.8 Å². The maximum atomic E-state index is 12.6. The van der Waals surface area contributed by atoms with Gasteiger partial charge in [-0.25, -0.2) is 13.4 Å². The molecule has 1 heterocycles. The second-order valence-electron chi connectivity index (χ2n) is 6.08. The van der Waals surface area contributed by atoms with Crippen LogP contribution in [0.3, 0.4) is 0 Å². The number of benzene rings is 1. The van der Waals surface area contributed by atoms with Gasteiger partial charge in [0.25, 0.3) is 0 Å². The summed E-state index contributed by atoms with van der Waals surface area (Å²) in [6.07, 6.45) is 3.15. The zero-order valence-electron chi connectivity index (χ0n) is 15.5. The summed E-state index contributed by atoms with van der Waals surface area (Å²) in [4.78, 5) is 8.58. The lowest BCUT2D eigenvalue weighted by molar-refractivity contribution is 0.569. The van der Waals surface area contributed by atoms with Crippen LogP contribution in [0.4, 0.5) is 0 Å². The van der Waals surface area contributed by atoms with Crippen molar-refractivity contribution >= 4 is 27.4 Å². The van der Waals surface area contributed by atoms with E-state index in [9.17, 15) is 8.42 Å². The Hall–Kier alpha value is -2.12. The molecule has 0 amide bonds. The van der Waals surface area contributed by atoms with Gasteiger partial charge in [-0.2, -0.15) is 0 Å². The SMILES string of the molecule is CCC(CS(=O)(=O)c1ccccc1)NC(=NC)NCCc1ccc(Cl)nc1. The van der Waals surface area contributed by atoms with E-state index in [4.69, 9.17) is 11.6 Å². The minimum Gasteiger partial charge on any atom is -0.356 e. The molecule has 0 radical (unpaired) electrons. The number of nitrogens with zero attached hydrogens (tertiary/aromatic N) is 2. The van der Waals surface area contributed by atoms with Crippen molar-refractivity contribution in [2.75, 3.05) is 19.3 Å². The van der Waals surface area contributed by atoms with Crippen molar-refractivity contribution in [3.63, 3.8) is 0 Å². The predicted molar refractivity (Wildman–Crippen MR) is 110 cm³/mol. The van der Waals surface area contributed by atoms with Crippen molar-refractivity contribution in [1.29, 1.82) is 0 Å². The normalized spacial score (nSPS) is 13.2. The number of nitrogens with one attached hydrogen (secondary N) is 2. The van der Waals surface area contributed by atoms with E-state index in [2.05, 4.69) is 20.6 Å². The first-order chi connectivity index (χ1) is 12.9. The Morgan fingerprint density at radius 3 is 2.56 bits per heavy atom. The Kier molecular flexibility index (Phi) is 8.06. The van der Waals surface area contributed by atoms with Crippen LogP contribution < -0.4 is 10.6 Å². The van der Waals surface area contributed by atoms with Crippen molar-refractivity contribution in [3.05, 3.63) is 59.4 Å². The first kappa shape index (κ1) is 21.2. The van der Waals surface area contributed by atoms with Gasteiger partial charge in [-0.15, -0.1) is 0 Å². The highest BCUT2D eigenvalue weighted by Crippen LogP contribution is 2.12. The van der Waals surface area contributed by atoms with Crippen molar-refractivity contribution < 1.29 is 8.42 Å². The summed E-state index contributed by atoms with van der Waals surface area (Å²) < 4.78 is 25.2. The summed E-state index contributed by atoms with van der Waals surface area (Å²) in [7, 11) is -1.69. The Morgan fingerprint density at radius 2 is 1.96 bits per heavy atom. The van der Waals surface area contributed by atoms with Crippen LogP contribution in [0.15, 0.2) is 58.5 Å². The monoisotopic (exact) mass is 408 g/mol. The molecular weight excluding hydrogens is 384 g/mol. The van der Waals surface area contributed by atoms with Gasteiger partial charge in [-0.1, -0.05) is 42.8 Å². The molecule has 0 bridgehead atoms. The average molecular weight is 409 g/mol. The van der Waals surface area contributed by atoms with Crippen LogP contribution in [0.25, 0.3) is 0 Å². The molecule has 0 fully saturated rings.